The van der Waals surface area contributed by atoms with Gasteiger partial charge >= 0.3 is 0 Å². The Balaban J connectivity index is 1.92. The Hall–Kier alpha value is -0.340. The van der Waals surface area contributed by atoms with Crippen LogP contribution >= 0.6 is 0 Å². The standard InChI is InChI=1S/C10H18N2/c1-5-11-6-2-9(1)10-3-7-12-8-4-10/h1,10-12H,2-8H2. The molecule has 2 heterocycles. The van der Waals surface area contributed by atoms with Gasteiger partial charge in [-0.05, 0) is 44.8 Å². The van der Waals surface area contributed by atoms with Crippen molar-refractivity contribution in [3.8, 4) is 0 Å². The average Bonchev–Trinajstić information content (AvgIpc) is 2.21. The van der Waals surface area contributed by atoms with Crippen molar-refractivity contribution in [2.24, 2.45) is 5.92 Å². The molecule has 0 aliphatic carbocycles. The highest BCUT2D eigenvalue weighted by molar-refractivity contribution is 5.11. The number of hydrogen-bond donors (Lipinski definition) is 2. The van der Waals surface area contributed by atoms with Crippen LogP contribution < -0.4 is 10.6 Å². The van der Waals surface area contributed by atoms with Crippen molar-refractivity contribution < 1.29 is 0 Å². The number of rotatable bonds is 1. The Bertz CT molecular complexity index is 169. The molecule has 2 heteroatoms. The Labute approximate surface area is 74.4 Å². The van der Waals surface area contributed by atoms with Crippen molar-refractivity contribution in [3.05, 3.63) is 11.6 Å². The van der Waals surface area contributed by atoms with Crippen molar-refractivity contribution in [2.45, 2.75) is 19.3 Å². The smallest absolute Gasteiger partial charge is 0.0137 e. The normalized spacial score (nSPS) is 26.8. The second-order valence-corrected chi connectivity index (χ2v) is 3.76. The van der Waals surface area contributed by atoms with Crippen LogP contribution in [0.2, 0.25) is 0 Å². The van der Waals surface area contributed by atoms with Gasteiger partial charge in [0.2, 0.25) is 0 Å². The summed E-state index contributed by atoms with van der Waals surface area (Å²) in [5.74, 6) is 0.897. The molecule has 68 valence electrons. The van der Waals surface area contributed by atoms with Crippen molar-refractivity contribution in [3.63, 3.8) is 0 Å². The van der Waals surface area contributed by atoms with E-state index in [1.54, 1.807) is 5.57 Å². The highest BCUT2D eigenvalue weighted by Gasteiger charge is 2.17. The van der Waals surface area contributed by atoms with Crippen LogP contribution in [0.4, 0.5) is 0 Å². The molecular formula is C10H18N2. The zero-order chi connectivity index (χ0) is 8.23. The molecule has 2 nitrogen and oxygen atoms in total. The van der Waals surface area contributed by atoms with Gasteiger partial charge in [0.05, 0.1) is 0 Å². The Morgan fingerprint density at radius 3 is 2.58 bits per heavy atom. The van der Waals surface area contributed by atoms with Gasteiger partial charge in [-0.25, -0.2) is 0 Å². The second kappa shape index (κ2) is 4.06. The first-order valence-electron chi connectivity index (χ1n) is 5.07. The van der Waals surface area contributed by atoms with E-state index < -0.39 is 0 Å². The molecule has 2 aliphatic rings. The third kappa shape index (κ3) is 1.87. The maximum Gasteiger partial charge on any atom is 0.0137 e. The van der Waals surface area contributed by atoms with Crippen molar-refractivity contribution in [1.82, 2.24) is 10.6 Å². The van der Waals surface area contributed by atoms with Crippen LogP contribution in [0.1, 0.15) is 19.3 Å². The van der Waals surface area contributed by atoms with E-state index in [9.17, 15) is 0 Å². The summed E-state index contributed by atoms with van der Waals surface area (Å²) in [5, 5.41) is 6.77. The van der Waals surface area contributed by atoms with Gasteiger partial charge in [0.15, 0.2) is 0 Å². The van der Waals surface area contributed by atoms with Crippen LogP contribution in [0.5, 0.6) is 0 Å². The predicted molar refractivity (Wildman–Crippen MR) is 51.2 cm³/mol. The Morgan fingerprint density at radius 1 is 1.08 bits per heavy atom. The first kappa shape index (κ1) is 8.27. The fourth-order valence-electron chi connectivity index (χ4n) is 2.20. The topological polar surface area (TPSA) is 24.1 Å². The SMILES string of the molecule is C1=C(C2CCNCC2)CCNC1. The van der Waals surface area contributed by atoms with Gasteiger partial charge in [-0.2, -0.15) is 0 Å². The summed E-state index contributed by atoms with van der Waals surface area (Å²) in [4.78, 5) is 0. The monoisotopic (exact) mass is 166 g/mol. The van der Waals surface area contributed by atoms with Crippen molar-refractivity contribution in [1.29, 1.82) is 0 Å². The fourth-order valence-corrected chi connectivity index (χ4v) is 2.20. The molecule has 2 rings (SSSR count). The first-order valence-corrected chi connectivity index (χ1v) is 5.07. The highest BCUT2D eigenvalue weighted by atomic mass is 14.9. The van der Waals surface area contributed by atoms with E-state index in [4.69, 9.17) is 0 Å². The van der Waals surface area contributed by atoms with Gasteiger partial charge in [-0.15, -0.1) is 0 Å². The first-order chi connectivity index (χ1) is 5.97. The summed E-state index contributed by atoms with van der Waals surface area (Å²) in [7, 11) is 0. The van der Waals surface area contributed by atoms with Crippen molar-refractivity contribution >= 4 is 0 Å². The summed E-state index contributed by atoms with van der Waals surface area (Å²) in [6.07, 6.45) is 6.39. The van der Waals surface area contributed by atoms with E-state index in [0.29, 0.717) is 0 Å². The van der Waals surface area contributed by atoms with Crippen LogP contribution in [0.3, 0.4) is 0 Å². The zero-order valence-electron chi connectivity index (χ0n) is 7.60. The quantitative estimate of drug-likeness (QED) is 0.566. The molecule has 0 aromatic carbocycles. The van der Waals surface area contributed by atoms with E-state index in [0.717, 1.165) is 12.5 Å². The van der Waals surface area contributed by atoms with Gasteiger partial charge in [-0.1, -0.05) is 11.6 Å². The van der Waals surface area contributed by atoms with E-state index >= 15 is 0 Å². The van der Waals surface area contributed by atoms with Crippen molar-refractivity contribution in [2.75, 3.05) is 26.2 Å². The van der Waals surface area contributed by atoms with Gasteiger partial charge in [-0.3, -0.25) is 0 Å². The summed E-state index contributed by atoms with van der Waals surface area (Å²) < 4.78 is 0. The maximum absolute atomic E-state index is 3.41. The van der Waals surface area contributed by atoms with Crippen LogP contribution in [-0.4, -0.2) is 26.2 Å². The number of nitrogens with one attached hydrogen (secondary N) is 2. The van der Waals surface area contributed by atoms with E-state index in [1.165, 1.54) is 38.9 Å². The third-order valence-electron chi connectivity index (χ3n) is 2.96. The third-order valence-corrected chi connectivity index (χ3v) is 2.96. The minimum absolute atomic E-state index is 0.897. The lowest BCUT2D eigenvalue weighted by atomic mass is 9.87. The van der Waals surface area contributed by atoms with Gasteiger partial charge in [0.1, 0.15) is 0 Å². The lowest BCUT2D eigenvalue weighted by Crippen LogP contribution is -2.31. The number of piperidine rings is 1. The van der Waals surface area contributed by atoms with Gasteiger partial charge in [0, 0.05) is 6.54 Å². The average molecular weight is 166 g/mol. The van der Waals surface area contributed by atoms with Crippen LogP contribution in [-0.2, 0) is 0 Å². The molecular weight excluding hydrogens is 148 g/mol. The molecule has 2 N–H and O–H groups in total. The molecule has 0 atom stereocenters. The fraction of sp³-hybridized carbons (Fsp3) is 0.800. The Kier molecular flexibility index (Phi) is 2.79. The molecule has 0 radical (unpaired) electrons. The summed E-state index contributed by atoms with van der Waals surface area (Å²) in [5.41, 5.74) is 1.72. The lowest BCUT2D eigenvalue weighted by molar-refractivity contribution is 0.405. The van der Waals surface area contributed by atoms with Gasteiger partial charge in [0.25, 0.3) is 0 Å². The van der Waals surface area contributed by atoms with E-state index in [2.05, 4.69) is 16.7 Å². The second-order valence-electron chi connectivity index (χ2n) is 3.76. The Morgan fingerprint density at radius 2 is 1.92 bits per heavy atom. The van der Waals surface area contributed by atoms with Crippen LogP contribution in [0, 0.1) is 5.92 Å². The van der Waals surface area contributed by atoms with Gasteiger partial charge < -0.3 is 10.6 Å². The summed E-state index contributed by atoms with van der Waals surface area (Å²) in [6.45, 7) is 4.72. The van der Waals surface area contributed by atoms with E-state index in [1.807, 2.05) is 0 Å². The molecule has 1 saturated heterocycles. The lowest BCUT2D eigenvalue weighted by Gasteiger charge is -2.27. The van der Waals surface area contributed by atoms with Crippen LogP contribution in [0.15, 0.2) is 11.6 Å². The molecule has 0 amide bonds. The molecule has 1 fully saturated rings. The minimum Gasteiger partial charge on any atom is -0.317 e. The number of hydrogen-bond acceptors (Lipinski definition) is 2. The highest BCUT2D eigenvalue weighted by Crippen LogP contribution is 2.24. The molecule has 12 heavy (non-hydrogen) atoms. The summed E-state index contributed by atoms with van der Waals surface area (Å²) in [6, 6.07) is 0. The molecule has 0 spiro atoms. The molecule has 0 unspecified atom stereocenters. The van der Waals surface area contributed by atoms with E-state index in [-0.39, 0.29) is 0 Å². The predicted octanol–water partition coefficient (Wildman–Crippen LogP) is 0.906. The maximum atomic E-state index is 3.41. The largest absolute Gasteiger partial charge is 0.317 e. The van der Waals surface area contributed by atoms with Crippen LogP contribution in [0.25, 0.3) is 0 Å². The molecule has 0 bridgehead atoms. The molecule has 0 saturated carbocycles. The molecule has 2 aliphatic heterocycles. The molecule has 0 aromatic heterocycles. The zero-order valence-corrected chi connectivity index (χ0v) is 7.60. The summed E-state index contributed by atoms with van der Waals surface area (Å²) >= 11 is 0. The minimum atomic E-state index is 0.897. The molecule has 0 aromatic rings.